The van der Waals surface area contributed by atoms with E-state index >= 15 is 0 Å². The molecule has 4 rings (SSSR count). The Balaban J connectivity index is 1.57. The van der Waals surface area contributed by atoms with E-state index in [2.05, 4.69) is 10.3 Å². The van der Waals surface area contributed by atoms with E-state index in [-0.39, 0.29) is 10.7 Å². The van der Waals surface area contributed by atoms with Gasteiger partial charge in [-0.2, -0.15) is 0 Å². The number of nitrogens with zero attached hydrogens (tertiary/aromatic N) is 2. The van der Waals surface area contributed by atoms with E-state index in [1.807, 2.05) is 24.3 Å². The molecule has 0 spiro atoms. The van der Waals surface area contributed by atoms with Crippen LogP contribution in [0.1, 0.15) is 5.56 Å². The lowest BCUT2D eigenvalue weighted by Gasteiger charge is -2.10. The predicted molar refractivity (Wildman–Crippen MR) is 122 cm³/mol. The number of carbonyl (C=O) groups is 1. The van der Waals surface area contributed by atoms with Crippen LogP contribution in [0, 0.1) is 10.1 Å². The second-order valence-electron chi connectivity index (χ2n) is 6.69. The van der Waals surface area contributed by atoms with Crippen molar-refractivity contribution in [3.05, 3.63) is 87.4 Å². The number of hydrogen-bond acceptors (Lipinski definition) is 6. The SMILES string of the molecule is COc1ccc(-c2nc3ccccc3o2)cc1NC(=O)/C=C/c1ccc(Cl)c([N+](=O)[O-])c1. The van der Waals surface area contributed by atoms with E-state index < -0.39 is 10.8 Å². The molecule has 9 heteroatoms. The Bertz CT molecular complexity index is 1330. The minimum atomic E-state index is -0.581. The minimum absolute atomic E-state index is 0.0253. The highest BCUT2D eigenvalue weighted by atomic mass is 35.5. The van der Waals surface area contributed by atoms with Crippen LogP contribution in [0.15, 0.2) is 71.2 Å². The summed E-state index contributed by atoms with van der Waals surface area (Å²) in [5.74, 6) is 0.415. The number of benzene rings is 3. The van der Waals surface area contributed by atoms with Crippen molar-refractivity contribution in [1.29, 1.82) is 0 Å². The number of carbonyl (C=O) groups excluding carboxylic acids is 1. The van der Waals surface area contributed by atoms with Crippen molar-refractivity contribution in [2.45, 2.75) is 0 Å². The van der Waals surface area contributed by atoms with Gasteiger partial charge in [0.05, 0.1) is 17.7 Å². The number of rotatable bonds is 6. The van der Waals surface area contributed by atoms with Gasteiger partial charge in [0.2, 0.25) is 11.8 Å². The van der Waals surface area contributed by atoms with Crippen LogP contribution in [0.4, 0.5) is 11.4 Å². The summed E-state index contributed by atoms with van der Waals surface area (Å²) in [5.41, 5.74) is 2.69. The molecular formula is C23H16ClN3O5. The zero-order chi connectivity index (χ0) is 22.7. The van der Waals surface area contributed by atoms with Crippen LogP contribution in [0.5, 0.6) is 5.75 Å². The first kappa shape index (κ1) is 21.1. The Morgan fingerprint density at radius 3 is 2.75 bits per heavy atom. The van der Waals surface area contributed by atoms with Gasteiger partial charge < -0.3 is 14.5 Å². The molecule has 0 aliphatic carbocycles. The number of nitrogens with one attached hydrogen (secondary N) is 1. The first-order chi connectivity index (χ1) is 15.4. The number of para-hydroxylation sites is 2. The monoisotopic (exact) mass is 449 g/mol. The lowest BCUT2D eigenvalue weighted by atomic mass is 10.1. The van der Waals surface area contributed by atoms with Crippen LogP contribution >= 0.6 is 11.6 Å². The second kappa shape index (κ2) is 8.91. The number of hydrogen-bond donors (Lipinski definition) is 1. The van der Waals surface area contributed by atoms with Gasteiger partial charge in [0.15, 0.2) is 5.58 Å². The summed E-state index contributed by atoms with van der Waals surface area (Å²) in [7, 11) is 1.49. The van der Waals surface area contributed by atoms with Gasteiger partial charge in [-0.15, -0.1) is 0 Å². The molecule has 0 aliphatic heterocycles. The molecule has 0 bridgehead atoms. The van der Waals surface area contributed by atoms with Gasteiger partial charge in [-0.25, -0.2) is 4.98 Å². The highest BCUT2D eigenvalue weighted by molar-refractivity contribution is 6.32. The van der Waals surface area contributed by atoms with E-state index in [0.717, 1.165) is 5.52 Å². The molecule has 3 aromatic carbocycles. The van der Waals surface area contributed by atoms with E-state index in [1.54, 1.807) is 24.3 Å². The van der Waals surface area contributed by atoms with Crippen molar-refractivity contribution in [3.8, 4) is 17.2 Å². The lowest BCUT2D eigenvalue weighted by molar-refractivity contribution is -0.384. The largest absolute Gasteiger partial charge is 0.495 e. The molecule has 32 heavy (non-hydrogen) atoms. The molecule has 1 amide bonds. The van der Waals surface area contributed by atoms with Crippen LogP contribution in [0.3, 0.4) is 0 Å². The van der Waals surface area contributed by atoms with E-state index in [0.29, 0.717) is 34.0 Å². The van der Waals surface area contributed by atoms with Crippen molar-refractivity contribution < 1.29 is 18.9 Å². The Morgan fingerprint density at radius 2 is 2.00 bits per heavy atom. The van der Waals surface area contributed by atoms with Gasteiger partial charge in [-0.3, -0.25) is 14.9 Å². The van der Waals surface area contributed by atoms with Gasteiger partial charge >= 0.3 is 0 Å². The Hall–Kier alpha value is -4.17. The Morgan fingerprint density at radius 1 is 1.19 bits per heavy atom. The van der Waals surface area contributed by atoms with Crippen molar-refractivity contribution in [1.82, 2.24) is 4.98 Å². The molecule has 0 saturated heterocycles. The first-order valence-corrected chi connectivity index (χ1v) is 9.79. The van der Waals surface area contributed by atoms with Crippen LogP contribution in [-0.2, 0) is 4.79 Å². The zero-order valence-electron chi connectivity index (χ0n) is 16.7. The molecule has 160 valence electrons. The summed E-state index contributed by atoms with van der Waals surface area (Å²) in [4.78, 5) is 27.4. The summed E-state index contributed by atoms with van der Waals surface area (Å²) < 4.78 is 11.1. The normalized spacial score (nSPS) is 11.1. The van der Waals surface area contributed by atoms with Crippen molar-refractivity contribution in [3.63, 3.8) is 0 Å². The summed E-state index contributed by atoms with van der Waals surface area (Å²) in [6.45, 7) is 0. The highest BCUT2D eigenvalue weighted by Gasteiger charge is 2.14. The number of ether oxygens (including phenoxy) is 1. The molecule has 1 N–H and O–H groups in total. The van der Waals surface area contributed by atoms with E-state index in [1.165, 1.54) is 31.4 Å². The van der Waals surface area contributed by atoms with E-state index in [4.69, 9.17) is 20.8 Å². The molecule has 0 unspecified atom stereocenters. The highest BCUT2D eigenvalue weighted by Crippen LogP contribution is 2.32. The van der Waals surface area contributed by atoms with Crippen molar-refractivity contribution in [2.75, 3.05) is 12.4 Å². The third-order valence-electron chi connectivity index (χ3n) is 4.59. The van der Waals surface area contributed by atoms with Gasteiger partial charge in [-0.1, -0.05) is 29.8 Å². The average molecular weight is 450 g/mol. The molecule has 1 aromatic heterocycles. The fraction of sp³-hybridized carbons (Fsp3) is 0.0435. The first-order valence-electron chi connectivity index (χ1n) is 9.41. The summed E-state index contributed by atoms with van der Waals surface area (Å²) in [6, 6.07) is 16.9. The smallest absolute Gasteiger partial charge is 0.288 e. The number of anilines is 1. The van der Waals surface area contributed by atoms with Gasteiger partial charge in [-0.05, 0) is 48.0 Å². The summed E-state index contributed by atoms with van der Waals surface area (Å²) in [5, 5.41) is 13.8. The predicted octanol–water partition coefficient (Wildman–Crippen LogP) is 5.72. The molecule has 8 nitrogen and oxygen atoms in total. The van der Waals surface area contributed by atoms with Crippen LogP contribution in [0.2, 0.25) is 5.02 Å². The molecular weight excluding hydrogens is 434 g/mol. The molecule has 0 radical (unpaired) electrons. The lowest BCUT2D eigenvalue weighted by Crippen LogP contribution is -2.09. The number of methoxy groups -OCH3 is 1. The zero-order valence-corrected chi connectivity index (χ0v) is 17.5. The molecule has 4 aromatic rings. The minimum Gasteiger partial charge on any atom is -0.495 e. The van der Waals surface area contributed by atoms with Crippen molar-refractivity contribution >= 4 is 46.1 Å². The van der Waals surface area contributed by atoms with Gasteiger partial charge in [0.25, 0.3) is 5.69 Å². The molecule has 0 aliphatic rings. The summed E-state index contributed by atoms with van der Waals surface area (Å²) in [6.07, 6.45) is 2.72. The maximum atomic E-state index is 12.5. The number of halogens is 1. The van der Waals surface area contributed by atoms with Crippen LogP contribution in [0.25, 0.3) is 28.6 Å². The Kier molecular flexibility index (Phi) is 5.87. The standard InChI is InChI=1S/C23H16ClN3O5/c1-31-20-10-8-15(23-26-17-4-2-3-5-21(17)32-23)13-18(20)25-22(28)11-7-14-6-9-16(24)19(12-14)27(29)30/h2-13H,1H3,(H,25,28)/b11-7+. The molecule has 1 heterocycles. The maximum Gasteiger partial charge on any atom is 0.288 e. The number of fused-ring (bicyclic) bond motifs is 1. The third-order valence-corrected chi connectivity index (χ3v) is 4.91. The van der Waals surface area contributed by atoms with Crippen LogP contribution < -0.4 is 10.1 Å². The van der Waals surface area contributed by atoms with Gasteiger partial charge in [0.1, 0.15) is 16.3 Å². The van der Waals surface area contributed by atoms with Crippen molar-refractivity contribution in [2.24, 2.45) is 0 Å². The number of amides is 1. The summed E-state index contributed by atoms with van der Waals surface area (Å²) >= 11 is 5.81. The Labute approximate surface area is 187 Å². The molecule has 0 saturated carbocycles. The topological polar surface area (TPSA) is 108 Å². The quantitative estimate of drug-likeness (QED) is 0.229. The maximum absolute atomic E-state index is 12.5. The van der Waals surface area contributed by atoms with E-state index in [9.17, 15) is 14.9 Å². The molecule has 0 fully saturated rings. The fourth-order valence-electron chi connectivity index (χ4n) is 3.05. The number of nitro benzene ring substituents is 1. The average Bonchev–Trinajstić information content (AvgIpc) is 3.22. The second-order valence-corrected chi connectivity index (χ2v) is 7.10. The van der Waals surface area contributed by atoms with Crippen LogP contribution in [-0.4, -0.2) is 22.9 Å². The molecule has 0 atom stereocenters. The van der Waals surface area contributed by atoms with Gasteiger partial charge in [0, 0.05) is 17.7 Å². The number of aromatic nitrogens is 1. The third kappa shape index (κ3) is 4.45. The fourth-order valence-corrected chi connectivity index (χ4v) is 3.24. The number of oxazole rings is 1. The number of nitro groups is 1.